The molecular weight excluding hydrogens is 128 g/mol. The van der Waals surface area contributed by atoms with Crippen LogP contribution < -0.4 is 0 Å². The third kappa shape index (κ3) is 1.93. The lowest BCUT2D eigenvalue weighted by atomic mass is 10.7. The lowest BCUT2D eigenvalue weighted by Gasteiger charge is -1.99. The summed E-state index contributed by atoms with van der Waals surface area (Å²) in [7, 11) is 0. The Hall–Kier alpha value is -1.25. The first-order valence-corrected chi connectivity index (χ1v) is 3.13. The van der Waals surface area contributed by atoms with Crippen LogP contribution in [-0.4, -0.2) is 16.4 Å². The minimum absolute atomic E-state index is 0.630. The zero-order chi connectivity index (χ0) is 7.23. The molecule has 0 aliphatic heterocycles. The molecular formula is C7H10N2O. The van der Waals surface area contributed by atoms with Crippen LogP contribution in [0.2, 0.25) is 0 Å². The Morgan fingerprint density at radius 1 is 1.70 bits per heavy atom. The van der Waals surface area contributed by atoms with E-state index >= 15 is 0 Å². The monoisotopic (exact) mass is 138 g/mol. The Morgan fingerprint density at radius 2 is 2.60 bits per heavy atom. The Morgan fingerprint density at radius 3 is 3.20 bits per heavy atom. The quantitative estimate of drug-likeness (QED) is 0.459. The first-order chi connectivity index (χ1) is 4.93. The van der Waals surface area contributed by atoms with Gasteiger partial charge in [-0.3, -0.25) is 4.68 Å². The van der Waals surface area contributed by atoms with Crippen molar-refractivity contribution < 1.29 is 4.74 Å². The summed E-state index contributed by atoms with van der Waals surface area (Å²) in [6.07, 6.45) is 5.07. The van der Waals surface area contributed by atoms with Crippen molar-refractivity contribution in [2.45, 2.75) is 6.54 Å². The fourth-order valence-electron chi connectivity index (χ4n) is 0.662. The molecule has 0 aliphatic carbocycles. The predicted molar refractivity (Wildman–Crippen MR) is 38.4 cm³/mol. The summed E-state index contributed by atoms with van der Waals surface area (Å²) >= 11 is 0. The van der Waals surface area contributed by atoms with E-state index in [1.807, 2.05) is 16.9 Å². The van der Waals surface area contributed by atoms with Gasteiger partial charge >= 0.3 is 0 Å². The second-order valence-electron chi connectivity index (χ2n) is 1.81. The zero-order valence-electron chi connectivity index (χ0n) is 5.73. The van der Waals surface area contributed by atoms with Gasteiger partial charge in [0, 0.05) is 12.4 Å². The van der Waals surface area contributed by atoms with Crippen molar-refractivity contribution in [3.63, 3.8) is 0 Å². The molecule has 0 spiro atoms. The highest BCUT2D eigenvalue weighted by atomic mass is 16.5. The summed E-state index contributed by atoms with van der Waals surface area (Å²) in [6.45, 7) is 4.83. The number of ether oxygens (including phenoxy) is 1. The highest BCUT2D eigenvalue weighted by molar-refractivity contribution is 4.77. The van der Waals surface area contributed by atoms with Gasteiger partial charge in [0.05, 0.1) is 12.8 Å². The predicted octanol–water partition coefficient (Wildman–Crippen LogP) is 1.04. The van der Waals surface area contributed by atoms with E-state index in [2.05, 4.69) is 11.7 Å². The zero-order valence-corrected chi connectivity index (χ0v) is 5.73. The summed E-state index contributed by atoms with van der Waals surface area (Å²) < 4.78 is 6.72. The molecule has 0 radical (unpaired) electrons. The highest BCUT2D eigenvalue weighted by Gasteiger charge is 1.86. The van der Waals surface area contributed by atoms with E-state index in [4.69, 9.17) is 4.74 Å². The minimum atomic E-state index is 0.630. The van der Waals surface area contributed by atoms with Crippen LogP contribution in [0.5, 0.6) is 0 Å². The molecule has 1 aromatic rings. The Bertz CT molecular complexity index is 181. The van der Waals surface area contributed by atoms with Crippen molar-refractivity contribution in [2.24, 2.45) is 0 Å². The Kier molecular flexibility index (Phi) is 2.55. The molecule has 0 N–H and O–H groups in total. The number of hydrogen-bond acceptors (Lipinski definition) is 2. The van der Waals surface area contributed by atoms with Crippen LogP contribution in [0.1, 0.15) is 0 Å². The van der Waals surface area contributed by atoms with Crippen molar-refractivity contribution in [2.75, 3.05) is 6.61 Å². The van der Waals surface area contributed by atoms with Crippen molar-refractivity contribution in [3.05, 3.63) is 31.3 Å². The summed E-state index contributed by atoms with van der Waals surface area (Å²) in [6, 6.07) is 1.88. The van der Waals surface area contributed by atoms with Crippen molar-refractivity contribution in [1.29, 1.82) is 0 Å². The van der Waals surface area contributed by atoms with Gasteiger partial charge in [-0.1, -0.05) is 6.58 Å². The summed E-state index contributed by atoms with van der Waals surface area (Å²) in [4.78, 5) is 0. The third-order valence-corrected chi connectivity index (χ3v) is 1.12. The van der Waals surface area contributed by atoms with Gasteiger partial charge in [0.1, 0.15) is 6.61 Å². The van der Waals surface area contributed by atoms with Gasteiger partial charge in [-0.15, -0.1) is 0 Å². The maximum atomic E-state index is 4.91. The number of rotatable bonds is 4. The van der Waals surface area contributed by atoms with E-state index in [9.17, 15) is 0 Å². The van der Waals surface area contributed by atoms with Crippen LogP contribution in [0.25, 0.3) is 0 Å². The van der Waals surface area contributed by atoms with Gasteiger partial charge in [-0.25, -0.2) is 0 Å². The first kappa shape index (κ1) is 6.86. The minimum Gasteiger partial charge on any atom is -0.500 e. The summed E-state index contributed by atoms with van der Waals surface area (Å²) in [5.74, 6) is 0. The van der Waals surface area contributed by atoms with Crippen LogP contribution in [0.15, 0.2) is 31.3 Å². The molecule has 10 heavy (non-hydrogen) atoms. The summed E-state index contributed by atoms with van der Waals surface area (Å²) in [5.41, 5.74) is 0. The summed E-state index contributed by atoms with van der Waals surface area (Å²) in [5, 5.41) is 3.99. The topological polar surface area (TPSA) is 27.1 Å². The maximum Gasteiger partial charge on any atom is 0.107 e. The third-order valence-electron chi connectivity index (χ3n) is 1.12. The fourth-order valence-corrected chi connectivity index (χ4v) is 0.662. The molecule has 1 heterocycles. The van der Waals surface area contributed by atoms with Crippen LogP contribution in [0.4, 0.5) is 0 Å². The second-order valence-corrected chi connectivity index (χ2v) is 1.81. The molecule has 0 aliphatic rings. The molecule has 0 atom stereocenters. The normalized spacial score (nSPS) is 9.20. The van der Waals surface area contributed by atoms with Crippen LogP contribution in [0.3, 0.4) is 0 Å². The van der Waals surface area contributed by atoms with E-state index in [0.29, 0.717) is 6.61 Å². The Balaban J connectivity index is 2.21. The van der Waals surface area contributed by atoms with E-state index in [0.717, 1.165) is 6.54 Å². The van der Waals surface area contributed by atoms with Gasteiger partial charge in [0.25, 0.3) is 0 Å². The molecule has 0 bridgehead atoms. The average Bonchev–Trinajstić information content (AvgIpc) is 2.41. The molecule has 3 heteroatoms. The van der Waals surface area contributed by atoms with Crippen LogP contribution >= 0.6 is 0 Å². The van der Waals surface area contributed by atoms with Gasteiger partial charge in [-0.2, -0.15) is 5.10 Å². The molecule has 1 aromatic heterocycles. The van der Waals surface area contributed by atoms with Gasteiger partial charge in [-0.05, 0) is 6.07 Å². The van der Waals surface area contributed by atoms with Crippen LogP contribution in [-0.2, 0) is 11.3 Å². The number of nitrogens with zero attached hydrogens (tertiary/aromatic N) is 2. The van der Waals surface area contributed by atoms with Gasteiger partial charge < -0.3 is 4.74 Å². The largest absolute Gasteiger partial charge is 0.500 e. The standard InChI is InChI=1S/C7H10N2O/c1-2-10-7-6-9-5-3-4-8-9/h2-5H,1,6-7H2. The van der Waals surface area contributed by atoms with Gasteiger partial charge in [0.2, 0.25) is 0 Å². The molecule has 0 fully saturated rings. The highest BCUT2D eigenvalue weighted by Crippen LogP contribution is 1.84. The van der Waals surface area contributed by atoms with E-state index in [1.165, 1.54) is 6.26 Å². The van der Waals surface area contributed by atoms with Gasteiger partial charge in [0.15, 0.2) is 0 Å². The second kappa shape index (κ2) is 3.71. The lowest BCUT2D eigenvalue weighted by Crippen LogP contribution is -2.03. The number of aromatic nitrogens is 2. The molecule has 0 saturated heterocycles. The molecule has 1 rings (SSSR count). The Labute approximate surface area is 59.9 Å². The van der Waals surface area contributed by atoms with E-state index in [1.54, 1.807) is 6.20 Å². The average molecular weight is 138 g/mol. The number of hydrogen-bond donors (Lipinski definition) is 0. The van der Waals surface area contributed by atoms with Crippen molar-refractivity contribution in [3.8, 4) is 0 Å². The van der Waals surface area contributed by atoms with Crippen molar-refractivity contribution >= 4 is 0 Å². The SMILES string of the molecule is C=COCCn1cccn1. The van der Waals surface area contributed by atoms with Crippen molar-refractivity contribution in [1.82, 2.24) is 9.78 Å². The fraction of sp³-hybridized carbons (Fsp3) is 0.286. The van der Waals surface area contributed by atoms with E-state index < -0.39 is 0 Å². The van der Waals surface area contributed by atoms with E-state index in [-0.39, 0.29) is 0 Å². The maximum absolute atomic E-state index is 4.91. The first-order valence-electron chi connectivity index (χ1n) is 3.13. The molecule has 3 nitrogen and oxygen atoms in total. The smallest absolute Gasteiger partial charge is 0.107 e. The molecule has 54 valence electrons. The lowest BCUT2D eigenvalue weighted by molar-refractivity contribution is 0.231. The molecule has 0 unspecified atom stereocenters. The van der Waals surface area contributed by atoms with Crippen LogP contribution in [0, 0.1) is 0 Å². The molecule has 0 saturated carbocycles. The molecule has 0 amide bonds. The molecule has 0 aromatic carbocycles.